The van der Waals surface area contributed by atoms with Gasteiger partial charge in [-0.1, -0.05) is 6.92 Å². The lowest BCUT2D eigenvalue weighted by Crippen LogP contribution is -2.39. The number of hydrogen-bond donors (Lipinski definition) is 2. The fraction of sp³-hybridized carbons (Fsp3) is 0.538. The highest BCUT2D eigenvalue weighted by atomic mass is 32.2. The van der Waals surface area contributed by atoms with Gasteiger partial charge in [-0.25, -0.2) is 4.98 Å². The number of rotatable bonds is 3. The molecule has 0 aliphatic carbocycles. The highest BCUT2D eigenvalue weighted by Gasteiger charge is 2.20. The normalized spacial score (nSPS) is 23.0. The van der Waals surface area contributed by atoms with Crippen LogP contribution in [0, 0.1) is 0 Å². The minimum Gasteiger partial charge on any atom is -0.384 e. The molecule has 1 amide bonds. The summed E-state index contributed by atoms with van der Waals surface area (Å²) in [6.45, 7) is 1.97. The molecule has 1 saturated heterocycles. The van der Waals surface area contributed by atoms with Crippen molar-refractivity contribution in [2.24, 2.45) is 0 Å². The summed E-state index contributed by atoms with van der Waals surface area (Å²) < 4.78 is 11.3. The number of hydrogen-bond acceptors (Lipinski definition) is 4. The van der Waals surface area contributed by atoms with Crippen molar-refractivity contribution < 1.29 is 9.00 Å². The monoisotopic (exact) mass is 281 g/mol. The summed E-state index contributed by atoms with van der Waals surface area (Å²) in [5.41, 5.74) is 7.06. The Morgan fingerprint density at radius 2 is 2.16 bits per heavy atom. The molecule has 0 saturated carbocycles. The highest BCUT2D eigenvalue weighted by molar-refractivity contribution is 7.85. The van der Waals surface area contributed by atoms with Crippen molar-refractivity contribution in [3.63, 3.8) is 0 Å². The van der Waals surface area contributed by atoms with Crippen LogP contribution in [-0.4, -0.2) is 32.6 Å². The molecule has 1 aliphatic heterocycles. The van der Waals surface area contributed by atoms with Crippen molar-refractivity contribution in [1.29, 1.82) is 0 Å². The third-order valence-electron chi connectivity index (χ3n) is 3.25. The summed E-state index contributed by atoms with van der Waals surface area (Å²) in [5.74, 6) is 1.59. The Hall–Kier alpha value is -1.43. The molecule has 0 aromatic carbocycles. The van der Waals surface area contributed by atoms with Crippen molar-refractivity contribution >= 4 is 22.5 Å². The lowest BCUT2D eigenvalue weighted by molar-refractivity contribution is 0.0934. The van der Waals surface area contributed by atoms with E-state index in [1.807, 2.05) is 6.92 Å². The van der Waals surface area contributed by atoms with Crippen LogP contribution >= 0.6 is 0 Å². The van der Waals surface area contributed by atoms with E-state index in [1.165, 1.54) is 0 Å². The average Bonchev–Trinajstić information content (AvgIpc) is 2.40. The van der Waals surface area contributed by atoms with Crippen LogP contribution in [0.3, 0.4) is 0 Å². The van der Waals surface area contributed by atoms with Gasteiger partial charge < -0.3 is 11.1 Å². The Kier molecular flexibility index (Phi) is 4.52. The van der Waals surface area contributed by atoms with Crippen LogP contribution in [0.25, 0.3) is 0 Å². The predicted molar refractivity (Wildman–Crippen MR) is 76.4 cm³/mol. The number of nitrogen functional groups attached to an aromatic ring is 1. The van der Waals surface area contributed by atoms with E-state index in [1.54, 1.807) is 12.1 Å². The molecule has 1 fully saturated rings. The van der Waals surface area contributed by atoms with Crippen LogP contribution in [0.1, 0.15) is 35.8 Å². The second kappa shape index (κ2) is 6.14. The molecule has 0 unspecified atom stereocenters. The van der Waals surface area contributed by atoms with Crippen molar-refractivity contribution in [3.8, 4) is 0 Å². The van der Waals surface area contributed by atoms with Gasteiger partial charge in [0.1, 0.15) is 5.82 Å². The zero-order valence-electron chi connectivity index (χ0n) is 11.0. The van der Waals surface area contributed by atoms with Gasteiger partial charge in [0.2, 0.25) is 0 Å². The average molecular weight is 281 g/mol. The second-order valence-electron chi connectivity index (χ2n) is 4.72. The molecule has 1 aliphatic rings. The van der Waals surface area contributed by atoms with Crippen molar-refractivity contribution in [1.82, 2.24) is 10.3 Å². The zero-order valence-corrected chi connectivity index (χ0v) is 11.8. The Bertz CT molecular complexity index is 495. The van der Waals surface area contributed by atoms with Crippen LogP contribution in [0.2, 0.25) is 0 Å². The number of anilines is 1. The number of nitrogens with one attached hydrogen (secondary N) is 1. The van der Waals surface area contributed by atoms with Gasteiger partial charge in [0.25, 0.3) is 5.91 Å². The number of carbonyl (C=O) groups excluding carboxylic acids is 1. The molecule has 2 rings (SSSR count). The van der Waals surface area contributed by atoms with Crippen LogP contribution in [0.5, 0.6) is 0 Å². The third kappa shape index (κ3) is 3.76. The molecule has 5 nitrogen and oxygen atoms in total. The van der Waals surface area contributed by atoms with Gasteiger partial charge in [-0.2, -0.15) is 0 Å². The number of pyridine rings is 1. The van der Waals surface area contributed by atoms with E-state index >= 15 is 0 Å². The maximum Gasteiger partial charge on any atom is 0.251 e. The Balaban J connectivity index is 2.03. The van der Waals surface area contributed by atoms with E-state index in [9.17, 15) is 9.00 Å². The third-order valence-corrected chi connectivity index (χ3v) is 4.63. The molecule has 104 valence electrons. The minimum atomic E-state index is -0.710. The molecule has 19 heavy (non-hydrogen) atoms. The van der Waals surface area contributed by atoms with Crippen molar-refractivity contribution in [2.45, 2.75) is 32.2 Å². The van der Waals surface area contributed by atoms with Crippen LogP contribution in [0.15, 0.2) is 12.1 Å². The molecule has 6 heteroatoms. The van der Waals surface area contributed by atoms with Gasteiger partial charge in [-0.15, -0.1) is 0 Å². The van der Waals surface area contributed by atoms with Gasteiger partial charge in [-0.3, -0.25) is 9.00 Å². The van der Waals surface area contributed by atoms with E-state index in [2.05, 4.69) is 10.3 Å². The first-order valence-electron chi connectivity index (χ1n) is 6.50. The van der Waals surface area contributed by atoms with Gasteiger partial charge in [0.05, 0.1) is 0 Å². The predicted octanol–water partition coefficient (Wildman–Crippen LogP) is 0.867. The van der Waals surface area contributed by atoms with Crippen molar-refractivity contribution in [2.75, 3.05) is 17.2 Å². The summed E-state index contributed by atoms with van der Waals surface area (Å²) in [6, 6.07) is 3.48. The SMILES string of the molecule is CCc1cc(C(=O)NC2CCS(=O)CC2)cc(N)n1. The maximum absolute atomic E-state index is 12.1. The van der Waals surface area contributed by atoms with Gasteiger partial charge >= 0.3 is 0 Å². The minimum absolute atomic E-state index is 0.115. The molecule has 0 atom stereocenters. The van der Waals surface area contributed by atoms with Gasteiger partial charge in [-0.05, 0) is 31.4 Å². The van der Waals surface area contributed by atoms with Crippen LogP contribution in [0.4, 0.5) is 5.82 Å². The number of aryl methyl sites for hydroxylation is 1. The largest absolute Gasteiger partial charge is 0.384 e. The standard InChI is InChI=1S/C13H19N3O2S/c1-2-10-7-9(8-12(14)15-10)13(17)16-11-3-5-19(18)6-4-11/h7-8,11H,2-6H2,1H3,(H2,14,15)(H,16,17). The Morgan fingerprint density at radius 1 is 1.47 bits per heavy atom. The number of amides is 1. The number of nitrogens with zero attached hydrogens (tertiary/aromatic N) is 1. The number of carbonyl (C=O) groups is 1. The molecule has 0 spiro atoms. The van der Waals surface area contributed by atoms with E-state index in [-0.39, 0.29) is 11.9 Å². The van der Waals surface area contributed by atoms with E-state index in [0.717, 1.165) is 25.0 Å². The van der Waals surface area contributed by atoms with Gasteiger partial charge in [0, 0.05) is 39.6 Å². The molecule has 2 heterocycles. The first-order valence-corrected chi connectivity index (χ1v) is 7.99. The fourth-order valence-electron chi connectivity index (χ4n) is 2.13. The highest BCUT2D eigenvalue weighted by Crippen LogP contribution is 2.12. The lowest BCUT2D eigenvalue weighted by atomic mass is 10.1. The lowest BCUT2D eigenvalue weighted by Gasteiger charge is -2.22. The summed E-state index contributed by atoms with van der Waals surface area (Å²) in [5, 5.41) is 2.98. The Morgan fingerprint density at radius 3 is 2.79 bits per heavy atom. The molecule has 3 N–H and O–H groups in total. The molecular weight excluding hydrogens is 262 g/mol. The Labute approximate surface area is 115 Å². The first-order chi connectivity index (χ1) is 9.08. The maximum atomic E-state index is 12.1. The fourth-order valence-corrected chi connectivity index (χ4v) is 3.43. The van der Waals surface area contributed by atoms with Crippen LogP contribution in [-0.2, 0) is 17.2 Å². The quantitative estimate of drug-likeness (QED) is 0.861. The first kappa shape index (κ1) is 14.0. The number of aromatic nitrogens is 1. The summed E-state index contributed by atoms with van der Waals surface area (Å²) in [4.78, 5) is 16.3. The molecule has 0 bridgehead atoms. The topological polar surface area (TPSA) is 85.1 Å². The molecular formula is C13H19N3O2S. The second-order valence-corrected chi connectivity index (χ2v) is 6.42. The van der Waals surface area contributed by atoms with E-state index in [4.69, 9.17) is 5.73 Å². The summed E-state index contributed by atoms with van der Waals surface area (Å²) in [7, 11) is -0.710. The molecule has 1 aromatic heterocycles. The smallest absolute Gasteiger partial charge is 0.251 e. The summed E-state index contributed by atoms with van der Waals surface area (Å²) in [6.07, 6.45) is 2.30. The zero-order chi connectivity index (χ0) is 13.8. The molecule has 1 aromatic rings. The molecule has 0 radical (unpaired) electrons. The van der Waals surface area contributed by atoms with E-state index in [0.29, 0.717) is 22.9 Å². The van der Waals surface area contributed by atoms with E-state index < -0.39 is 10.8 Å². The van der Waals surface area contributed by atoms with Gasteiger partial charge in [0.15, 0.2) is 0 Å². The number of nitrogens with two attached hydrogens (primary N) is 1. The van der Waals surface area contributed by atoms with Crippen LogP contribution < -0.4 is 11.1 Å². The van der Waals surface area contributed by atoms with Crippen molar-refractivity contribution in [3.05, 3.63) is 23.4 Å². The summed E-state index contributed by atoms with van der Waals surface area (Å²) >= 11 is 0.